The molecule has 31 heavy (non-hydrogen) atoms. The molecule has 2 aromatic rings. The number of anilines is 1. The maximum Gasteiger partial charge on any atom is 0.254 e. The molecule has 0 bridgehead atoms. The lowest BCUT2D eigenvalue weighted by Gasteiger charge is -2.48. The number of amides is 3. The van der Waals surface area contributed by atoms with E-state index in [1.807, 2.05) is 6.07 Å². The Morgan fingerprint density at radius 2 is 1.71 bits per heavy atom. The quantitative estimate of drug-likeness (QED) is 0.715. The van der Waals surface area contributed by atoms with E-state index in [0.29, 0.717) is 21.3 Å². The van der Waals surface area contributed by atoms with Crippen molar-refractivity contribution in [3.8, 4) is 0 Å². The van der Waals surface area contributed by atoms with Gasteiger partial charge in [0, 0.05) is 27.3 Å². The number of hydrogen-bond donors (Lipinski definition) is 2. The van der Waals surface area contributed by atoms with Crippen molar-refractivity contribution in [1.29, 1.82) is 0 Å². The number of nitrogens with zero attached hydrogens (tertiary/aromatic N) is 1. The maximum atomic E-state index is 13.4. The van der Waals surface area contributed by atoms with Gasteiger partial charge in [0.05, 0.1) is 12.5 Å². The first kappa shape index (κ1) is 21.7. The number of fused-ring (bicyclic) bond motifs is 1. The molecular weight excluding hydrogens is 437 g/mol. The van der Waals surface area contributed by atoms with Gasteiger partial charge in [-0.2, -0.15) is 0 Å². The zero-order valence-electron chi connectivity index (χ0n) is 16.8. The average molecular weight is 460 g/mol. The largest absolute Gasteiger partial charge is 0.349 e. The van der Waals surface area contributed by atoms with Gasteiger partial charge in [0.1, 0.15) is 6.04 Å². The number of nitrogens with one attached hydrogen (secondary N) is 2. The van der Waals surface area contributed by atoms with E-state index in [1.54, 1.807) is 47.4 Å². The predicted octanol–water partition coefficient (Wildman–Crippen LogP) is 4.27. The zero-order chi connectivity index (χ0) is 22.0. The molecule has 2 aliphatic rings. The molecule has 0 aromatic heterocycles. The smallest absolute Gasteiger partial charge is 0.254 e. The van der Waals surface area contributed by atoms with Crippen LogP contribution in [-0.2, 0) is 9.59 Å². The van der Waals surface area contributed by atoms with Crippen LogP contribution in [0.25, 0.3) is 0 Å². The van der Waals surface area contributed by atoms with Crippen LogP contribution in [-0.4, -0.2) is 40.7 Å². The number of halogens is 2. The molecule has 0 spiro atoms. The van der Waals surface area contributed by atoms with Gasteiger partial charge in [0.15, 0.2) is 0 Å². The first-order valence-electron chi connectivity index (χ1n) is 10.4. The molecule has 3 atom stereocenters. The van der Waals surface area contributed by atoms with Gasteiger partial charge in [0.2, 0.25) is 11.8 Å². The molecule has 162 valence electrons. The van der Waals surface area contributed by atoms with E-state index in [0.717, 1.165) is 25.7 Å². The van der Waals surface area contributed by atoms with Gasteiger partial charge in [0.25, 0.3) is 5.91 Å². The van der Waals surface area contributed by atoms with E-state index in [1.165, 1.54) is 0 Å². The van der Waals surface area contributed by atoms with Crippen LogP contribution < -0.4 is 10.6 Å². The van der Waals surface area contributed by atoms with E-state index in [4.69, 9.17) is 23.2 Å². The average Bonchev–Trinajstić information content (AvgIpc) is 2.73. The normalized spacial score (nSPS) is 23.0. The van der Waals surface area contributed by atoms with Crippen LogP contribution in [0.1, 0.15) is 42.5 Å². The minimum atomic E-state index is -0.887. The molecule has 2 fully saturated rings. The monoisotopic (exact) mass is 459 g/mol. The Kier molecular flexibility index (Phi) is 6.49. The van der Waals surface area contributed by atoms with Crippen LogP contribution >= 0.6 is 23.2 Å². The van der Waals surface area contributed by atoms with Crippen LogP contribution in [0.2, 0.25) is 10.0 Å². The van der Waals surface area contributed by atoms with E-state index in [-0.39, 0.29) is 30.3 Å². The molecule has 2 aromatic carbocycles. The summed E-state index contributed by atoms with van der Waals surface area (Å²) in [5.41, 5.74) is 0.948. The SMILES string of the molecule is O=C(C[C@H]1C(=O)N[C@@H]2CCCC[C@H]2N1C(=O)c1ccccc1)Nc1cc(Cl)cc(Cl)c1. The van der Waals surface area contributed by atoms with Gasteiger partial charge in [-0.1, -0.05) is 54.2 Å². The molecule has 4 rings (SSSR count). The van der Waals surface area contributed by atoms with Gasteiger partial charge < -0.3 is 15.5 Å². The summed E-state index contributed by atoms with van der Waals surface area (Å²) >= 11 is 12.0. The summed E-state index contributed by atoms with van der Waals surface area (Å²) in [6, 6.07) is 12.5. The predicted molar refractivity (Wildman–Crippen MR) is 120 cm³/mol. The van der Waals surface area contributed by atoms with Crippen molar-refractivity contribution in [3.63, 3.8) is 0 Å². The number of rotatable bonds is 4. The highest BCUT2D eigenvalue weighted by Gasteiger charge is 2.46. The summed E-state index contributed by atoms with van der Waals surface area (Å²) in [6.07, 6.45) is 3.46. The second-order valence-electron chi connectivity index (χ2n) is 7.97. The molecule has 2 N–H and O–H groups in total. The Balaban J connectivity index is 1.59. The minimum Gasteiger partial charge on any atom is -0.349 e. The van der Waals surface area contributed by atoms with Crippen LogP contribution in [0, 0.1) is 0 Å². The fourth-order valence-corrected chi connectivity index (χ4v) is 5.00. The lowest BCUT2D eigenvalue weighted by molar-refractivity contribution is -0.135. The van der Waals surface area contributed by atoms with E-state index in [2.05, 4.69) is 10.6 Å². The van der Waals surface area contributed by atoms with Crippen LogP contribution in [0.5, 0.6) is 0 Å². The summed E-state index contributed by atoms with van der Waals surface area (Å²) in [4.78, 5) is 40.8. The van der Waals surface area contributed by atoms with Crippen LogP contribution in [0.4, 0.5) is 5.69 Å². The van der Waals surface area contributed by atoms with Crippen molar-refractivity contribution in [2.75, 3.05) is 5.32 Å². The molecule has 0 unspecified atom stereocenters. The van der Waals surface area contributed by atoms with Gasteiger partial charge in [-0.15, -0.1) is 0 Å². The molecule has 1 heterocycles. The van der Waals surface area contributed by atoms with Crippen molar-refractivity contribution >= 4 is 46.6 Å². The molecule has 0 radical (unpaired) electrons. The highest BCUT2D eigenvalue weighted by molar-refractivity contribution is 6.35. The Morgan fingerprint density at radius 1 is 1.03 bits per heavy atom. The highest BCUT2D eigenvalue weighted by Crippen LogP contribution is 2.31. The molecule has 1 saturated carbocycles. The van der Waals surface area contributed by atoms with Crippen molar-refractivity contribution in [3.05, 3.63) is 64.1 Å². The number of benzene rings is 2. The van der Waals surface area contributed by atoms with Crippen LogP contribution in [0.15, 0.2) is 48.5 Å². The standard InChI is InChI=1S/C23H23Cl2N3O3/c24-15-10-16(25)12-17(11-15)26-21(29)13-20-22(30)27-18-8-4-5-9-19(18)28(20)23(31)14-6-2-1-3-7-14/h1-3,6-7,10-12,18-20H,4-5,8-9,13H2,(H,26,29)(H,27,30)/t18-,19-,20+/m1/s1. The van der Waals surface area contributed by atoms with Crippen molar-refractivity contribution in [2.24, 2.45) is 0 Å². The third-order valence-electron chi connectivity index (χ3n) is 5.83. The fourth-order valence-electron chi connectivity index (χ4n) is 4.48. The lowest BCUT2D eigenvalue weighted by Crippen LogP contribution is -2.68. The topological polar surface area (TPSA) is 78.5 Å². The zero-order valence-corrected chi connectivity index (χ0v) is 18.3. The van der Waals surface area contributed by atoms with Crippen molar-refractivity contribution in [1.82, 2.24) is 10.2 Å². The number of carbonyl (C=O) groups is 3. The molecule has 6 nitrogen and oxygen atoms in total. The Hall–Kier alpha value is -2.57. The third-order valence-corrected chi connectivity index (χ3v) is 6.27. The third kappa shape index (κ3) is 4.86. The molecule has 1 aliphatic heterocycles. The summed E-state index contributed by atoms with van der Waals surface area (Å²) in [5, 5.41) is 6.56. The Bertz CT molecular complexity index is 979. The van der Waals surface area contributed by atoms with E-state index < -0.39 is 11.9 Å². The number of piperazine rings is 1. The number of hydrogen-bond acceptors (Lipinski definition) is 3. The van der Waals surface area contributed by atoms with E-state index in [9.17, 15) is 14.4 Å². The molecule has 1 saturated heterocycles. The van der Waals surface area contributed by atoms with Gasteiger partial charge in [-0.3, -0.25) is 14.4 Å². The van der Waals surface area contributed by atoms with Crippen molar-refractivity contribution in [2.45, 2.75) is 50.2 Å². The Morgan fingerprint density at radius 3 is 2.42 bits per heavy atom. The maximum absolute atomic E-state index is 13.4. The first-order chi connectivity index (χ1) is 14.9. The summed E-state index contributed by atoms with van der Waals surface area (Å²) in [5.74, 6) is -0.915. The van der Waals surface area contributed by atoms with Gasteiger partial charge in [-0.25, -0.2) is 0 Å². The fraction of sp³-hybridized carbons (Fsp3) is 0.348. The van der Waals surface area contributed by atoms with Gasteiger partial charge in [-0.05, 0) is 43.2 Å². The second-order valence-corrected chi connectivity index (χ2v) is 8.84. The van der Waals surface area contributed by atoms with E-state index >= 15 is 0 Å². The Labute approximate surface area is 190 Å². The van der Waals surface area contributed by atoms with Crippen LogP contribution in [0.3, 0.4) is 0 Å². The lowest BCUT2D eigenvalue weighted by atomic mass is 9.84. The summed E-state index contributed by atoms with van der Waals surface area (Å²) in [6.45, 7) is 0. The van der Waals surface area contributed by atoms with Gasteiger partial charge >= 0.3 is 0 Å². The first-order valence-corrected chi connectivity index (χ1v) is 11.1. The van der Waals surface area contributed by atoms with Crippen molar-refractivity contribution < 1.29 is 14.4 Å². The summed E-state index contributed by atoms with van der Waals surface area (Å²) in [7, 11) is 0. The molecule has 1 aliphatic carbocycles. The molecule has 8 heteroatoms. The summed E-state index contributed by atoms with van der Waals surface area (Å²) < 4.78 is 0. The minimum absolute atomic E-state index is 0.0834. The second kappa shape index (κ2) is 9.28. The molecule has 3 amide bonds. The molecular formula is C23H23Cl2N3O3. The highest BCUT2D eigenvalue weighted by atomic mass is 35.5. The number of carbonyl (C=O) groups excluding carboxylic acids is 3.